The van der Waals surface area contributed by atoms with Crippen LogP contribution in [0.3, 0.4) is 0 Å². The topological polar surface area (TPSA) is 26.3 Å². The van der Waals surface area contributed by atoms with Crippen LogP contribution in [0.4, 0.5) is 0 Å². The van der Waals surface area contributed by atoms with E-state index in [0.717, 1.165) is 22.5 Å². The number of aryl methyl sites for hydroxylation is 2. The number of hydrogen-bond donors (Lipinski definition) is 0. The molecule has 2 nitrogen and oxygen atoms in total. The van der Waals surface area contributed by atoms with E-state index in [4.69, 9.17) is 8.83 Å². The predicted octanol–water partition coefficient (Wildman–Crippen LogP) is 3.42. The first-order valence-electron chi connectivity index (χ1n) is 6.01. The average molecular weight is 258 g/mol. The number of furan rings is 2. The Morgan fingerprint density at radius 1 is 0.833 bits per heavy atom. The summed E-state index contributed by atoms with van der Waals surface area (Å²) in [5.41, 5.74) is 2.42. The van der Waals surface area contributed by atoms with Crippen molar-refractivity contribution in [1.29, 1.82) is 0 Å². The van der Waals surface area contributed by atoms with E-state index >= 15 is 0 Å². The van der Waals surface area contributed by atoms with Crippen molar-refractivity contribution in [2.75, 3.05) is 0 Å². The molecule has 1 aliphatic rings. The molecule has 3 heteroatoms. The van der Waals surface area contributed by atoms with Crippen molar-refractivity contribution in [2.45, 2.75) is 19.5 Å². The van der Waals surface area contributed by atoms with Crippen LogP contribution in [-0.2, 0) is 0 Å². The van der Waals surface area contributed by atoms with Crippen LogP contribution in [-0.4, -0.2) is 5.66 Å². The molecule has 18 heavy (non-hydrogen) atoms. The largest absolute Gasteiger partial charge is 0.461 e. The van der Waals surface area contributed by atoms with Crippen LogP contribution in [0.1, 0.15) is 11.5 Å². The Kier molecular flexibility index (Phi) is 2.97. The van der Waals surface area contributed by atoms with Crippen LogP contribution in [0.25, 0.3) is 0 Å². The molecule has 1 aliphatic carbocycles. The van der Waals surface area contributed by atoms with Gasteiger partial charge in [-0.05, 0) is 38.1 Å². The number of rotatable bonds is 3. The third kappa shape index (κ3) is 2.09. The van der Waals surface area contributed by atoms with Gasteiger partial charge < -0.3 is 8.83 Å². The molecule has 0 aliphatic heterocycles. The quantitative estimate of drug-likeness (QED) is 0.788. The van der Waals surface area contributed by atoms with Crippen molar-refractivity contribution < 1.29 is 8.83 Å². The molecule has 0 atom stereocenters. The van der Waals surface area contributed by atoms with Crippen molar-refractivity contribution in [1.82, 2.24) is 0 Å². The second kappa shape index (κ2) is 4.62. The molecular weight excluding hydrogens is 243 g/mol. The lowest BCUT2D eigenvalue weighted by Gasteiger charge is -2.16. The second-order valence-electron chi connectivity index (χ2n) is 4.40. The molecule has 92 valence electrons. The Morgan fingerprint density at radius 3 is 1.72 bits per heavy atom. The molecule has 0 radical (unpaired) electrons. The Labute approximate surface area is 108 Å². The third-order valence-corrected chi connectivity index (χ3v) is 5.32. The summed E-state index contributed by atoms with van der Waals surface area (Å²) in [5.74, 6) is 1.90. The Hall–Kier alpha value is -1.53. The van der Waals surface area contributed by atoms with Gasteiger partial charge in [0, 0.05) is 13.6 Å². The van der Waals surface area contributed by atoms with Crippen molar-refractivity contribution in [3.8, 4) is 0 Å². The van der Waals surface area contributed by atoms with E-state index in [1.807, 2.05) is 26.0 Å². The minimum absolute atomic E-state index is 0.371. The smallest absolute Gasteiger partial charge is 0.134 e. The zero-order valence-electron chi connectivity index (χ0n) is 10.5. The molecule has 0 fully saturated rings. The van der Waals surface area contributed by atoms with Gasteiger partial charge in [-0.3, -0.25) is 0 Å². The second-order valence-corrected chi connectivity index (χ2v) is 6.62. The molecule has 3 rings (SSSR count). The lowest BCUT2D eigenvalue weighted by Crippen LogP contribution is -2.16. The fourth-order valence-electron chi connectivity index (χ4n) is 2.10. The molecule has 0 amide bonds. The maximum Gasteiger partial charge on any atom is 0.134 e. The van der Waals surface area contributed by atoms with Crippen LogP contribution >= 0.6 is 7.92 Å². The first kappa shape index (κ1) is 11.6. The fourth-order valence-corrected chi connectivity index (χ4v) is 4.40. The van der Waals surface area contributed by atoms with Gasteiger partial charge in [-0.2, -0.15) is 0 Å². The molecule has 0 unspecified atom stereocenters. The summed E-state index contributed by atoms with van der Waals surface area (Å²) in [5, 5.41) is 0. The Morgan fingerprint density at radius 2 is 1.33 bits per heavy atom. The molecule has 0 saturated carbocycles. The van der Waals surface area contributed by atoms with Gasteiger partial charge in [0.1, 0.15) is 22.5 Å². The normalized spacial score (nSPS) is 15.1. The van der Waals surface area contributed by atoms with Crippen LogP contribution in [0, 0.1) is 13.8 Å². The zero-order chi connectivity index (χ0) is 12.5. The van der Waals surface area contributed by atoms with Crippen LogP contribution < -0.4 is 11.0 Å². The SMILES string of the molecule is Cc1ccc(P(c2ccc(C)o2)C2C=CC=C2)o1. The zero-order valence-corrected chi connectivity index (χ0v) is 11.4. The molecule has 2 heterocycles. The van der Waals surface area contributed by atoms with Crippen LogP contribution in [0.2, 0.25) is 0 Å². The first-order chi connectivity index (χ1) is 8.74. The standard InChI is InChI=1S/C15H15O2P/c1-11-7-9-14(16-11)18(13-5-3-4-6-13)15-10-8-12(2)17-15/h3-10,13H,1-2H3. The van der Waals surface area contributed by atoms with Gasteiger partial charge in [0.15, 0.2) is 0 Å². The predicted molar refractivity (Wildman–Crippen MR) is 75.1 cm³/mol. The summed E-state index contributed by atoms with van der Waals surface area (Å²) in [6.45, 7) is 3.95. The van der Waals surface area contributed by atoms with Gasteiger partial charge >= 0.3 is 0 Å². The van der Waals surface area contributed by atoms with Gasteiger partial charge in [0.2, 0.25) is 0 Å². The highest BCUT2D eigenvalue weighted by Gasteiger charge is 2.27. The molecule has 0 spiro atoms. The number of hydrogen-bond acceptors (Lipinski definition) is 2. The van der Waals surface area contributed by atoms with E-state index < -0.39 is 7.92 Å². The van der Waals surface area contributed by atoms with Gasteiger partial charge in [-0.15, -0.1) is 0 Å². The first-order valence-corrected chi connectivity index (χ1v) is 7.42. The molecule has 0 N–H and O–H groups in total. The molecule has 0 bridgehead atoms. The Bertz CT molecular complexity index is 551. The van der Waals surface area contributed by atoms with Crippen molar-refractivity contribution in [3.63, 3.8) is 0 Å². The van der Waals surface area contributed by atoms with Crippen LogP contribution in [0.5, 0.6) is 0 Å². The average Bonchev–Trinajstić information content (AvgIpc) is 3.04. The van der Waals surface area contributed by atoms with E-state index in [9.17, 15) is 0 Å². The summed E-state index contributed by atoms with van der Waals surface area (Å²) in [7, 11) is -0.617. The fraction of sp³-hybridized carbons (Fsp3) is 0.200. The third-order valence-electron chi connectivity index (χ3n) is 2.95. The monoisotopic (exact) mass is 258 g/mol. The van der Waals surface area contributed by atoms with E-state index in [1.165, 1.54) is 0 Å². The molecule has 2 aromatic heterocycles. The van der Waals surface area contributed by atoms with Crippen LogP contribution in [0.15, 0.2) is 57.4 Å². The number of allylic oxidation sites excluding steroid dienone is 4. The molecule has 2 aromatic rings. The molecule has 0 saturated heterocycles. The van der Waals surface area contributed by atoms with E-state index in [-0.39, 0.29) is 0 Å². The maximum atomic E-state index is 5.82. The lowest BCUT2D eigenvalue weighted by molar-refractivity contribution is 0.557. The molecular formula is C15H15O2P. The van der Waals surface area contributed by atoms with E-state index in [1.54, 1.807) is 0 Å². The van der Waals surface area contributed by atoms with Crippen molar-refractivity contribution in [3.05, 3.63) is 60.1 Å². The highest BCUT2D eigenvalue weighted by atomic mass is 31.1. The van der Waals surface area contributed by atoms with Crippen molar-refractivity contribution in [2.24, 2.45) is 0 Å². The minimum atomic E-state index is -0.617. The summed E-state index contributed by atoms with van der Waals surface area (Å²) < 4.78 is 11.6. The summed E-state index contributed by atoms with van der Waals surface area (Å²) in [6, 6.07) is 8.17. The van der Waals surface area contributed by atoms with Crippen molar-refractivity contribution >= 4 is 18.9 Å². The van der Waals surface area contributed by atoms with Gasteiger partial charge in [-0.25, -0.2) is 0 Å². The Balaban J connectivity index is 2.03. The van der Waals surface area contributed by atoms with Gasteiger partial charge in [0.05, 0.1) is 0 Å². The van der Waals surface area contributed by atoms with E-state index in [0.29, 0.717) is 5.66 Å². The minimum Gasteiger partial charge on any atom is -0.461 e. The molecule has 0 aromatic carbocycles. The summed E-state index contributed by atoms with van der Waals surface area (Å²) >= 11 is 0. The van der Waals surface area contributed by atoms with Gasteiger partial charge in [-0.1, -0.05) is 24.3 Å². The lowest BCUT2D eigenvalue weighted by atomic mass is 10.5. The summed E-state index contributed by atoms with van der Waals surface area (Å²) in [6.07, 6.45) is 8.60. The van der Waals surface area contributed by atoms with E-state index in [2.05, 4.69) is 36.4 Å². The summed E-state index contributed by atoms with van der Waals surface area (Å²) in [4.78, 5) is 0. The highest BCUT2D eigenvalue weighted by molar-refractivity contribution is 7.73. The highest BCUT2D eigenvalue weighted by Crippen LogP contribution is 2.43. The maximum absolute atomic E-state index is 5.82. The van der Waals surface area contributed by atoms with Gasteiger partial charge in [0.25, 0.3) is 0 Å².